The zero-order chi connectivity index (χ0) is 12.1. The molecule has 0 atom stereocenters. The van der Waals surface area contributed by atoms with Crippen LogP contribution in [0.3, 0.4) is 0 Å². The molecule has 2 rings (SSSR count). The number of aromatic nitrogens is 1. The lowest BCUT2D eigenvalue weighted by atomic mass is 10.2. The molecule has 1 amide bonds. The summed E-state index contributed by atoms with van der Waals surface area (Å²) >= 11 is 0. The molecule has 3 nitrogen and oxygen atoms in total. The van der Waals surface area contributed by atoms with Gasteiger partial charge in [-0.3, -0.25) is 4.79 Å². The number of hydrogen-bond acceptors (Lipinski definition) is 1. The summed E-state index contributed by atoms with van der Waals surface area (Å²) in [5.41, 5.74) is 1.70. The van der Waals surface area contributed by atoms with Crippen LogP contribution >= 0.6 is 0 Å². The highest BCUT2D eigenvalue weighted by atomic mass is 16.1. The molecular weight excluding hydrogens is 212 g/mol. The number of nitrogens with zero attached hydrogens (tertiary/aromatic N) is 1. The van der Waals surface area contributed by atoms with Crippen LogP contribution in [0.1, 0.15) is 23.7 Å². The number of nitrogens with one attached hydrogen (secondary N) is 1. The molecule has 0 aliphatic rings. The second kappa shape index (κ2) is 5.34. The normalized spacial score (nSPS) is 10.2. The quantitative estimate of drug-likeness (QED) is 0.857. The van der Waals surface area contributed by atoms with Crippen LogP contribution in [0.4, 0.5) is 0 Å². The van der Waals surface area contributed by atoms with Crippen molar-refractivity contribution < 1.29 is 4.79 Å². The molecule has 0 spiro atoms. The van der Waals surface area contributed by atoms with E-state index in [4.69, 9.17) is 0 Å². The van der Waals surface area contributed by atoms with E-state index >= 15 is 0 Å². The summed E-state index contributed by atoms with van der Waals surface area (Å²) < 4.78 is 1.98. The third-order valence-corrected chi connectivity index (χ3v) is 2.55. The highest BCUT2D eigenvalue weighted by Gasteiger charge is 2.05. The van der Waals surface area contributed by atoms with Crippen molar-refractivity contribution >= 4 is 5.91 Å². The van der Waals surface area contributed by atoms with E-state index in [2.05, 4.69) is 5.32 Å². The summed E-state index contributed by atoms with van der Waals surface area (Å²) in [5, 5.41) is 2.87. The zero-order valence-electron chi connectivity index (χ0n) is 9.89. The van der Waals surface area contributed by atoms with Crippen LogP contribution in [0.15, 0.2) is 48.8 Å². The first kappa shape index (κ1) is 11.5. The Morgan fingerprint density at radius 2 is 2.00 bits per heavy atom. The van der Waals surface area contributed by atoms with Gasteiger partial charge in [0.15, 0.2) is 0 Å². The number of benzene rings is 1. The average molecular weight is 228 g/mol. The van der Waals surface area contributed by atoms with Crippen molar-refractivity contribution in [3.05, 3.63) is 54.4 Å². The summed E-state index contributed by atoms with van der Waals surface area (Å²) in [6.45, 7) is 2.75. The second-order valence-corrected chi connectivity index (χ2v) is 3.90. The van der Waals surface area contributed by atoms with Crippen LogP contribution in [-0.4, -0.2) is 17.0 Å². The molecule has 88 valence electrons. The summed E-state index contributed by atoms with van der Waals surface area (Å²) in [4.78, 5) is 11.8. The molecule has 1 aromatic carbocycles. The largest absolute Gasteiger partial charge is 0.352 e. The van der Waals surface area contributed by atoms with Gasteiger partial charge in [0.1, 0.15) is 0 Å². The Balaban J connectivity index is 2.20. The molecule has 2 aromatic rings. The van der Waals surface area contributed by atoms with E-state index in [0.29, 0.717) is 12.1 Å². The molecule has 0 saturated heterocycles. The van der Waals surface area contributed by atoms with Crippen molar-refractivity contribution in [1.29, 1.82) is 0 Å². The van der Waals surface area contributed by atoms with Gasteiger partial charge in [-0.1, -0.05) is 13.0 Å². The fourth-order valence-electron chi connectivity index (χ4n) is 1.65. The van der Waals surface area contributed by atoms with Crippen LogP contribution in [0.5, 0.6) is 0 Å². The van der Waals surface area contributed by atoms with E-state index in [1.807, 2.05) is 60.3 Å². The first-order valence-electron chi connectivity index (χ1n) is 5.83. The monoisotopic (exact) mass is 228 g/mol. The Bertz CT molecular complexity index is 489. The van der Waals surface area contributed by atoms with Crippen molar-refractivity contribution in [2.24, 2.45) is 0 Å². The second-order valence-electron chi connectivity index (χ2n) is 3.90. The van der Waals surface area contributed by atoms with Gasteiger partial charge in [0.05, 0.1) is 0 Å². The van der Waals surface area contributed by atoms with Crippen molar-refractivity contribution in [2.45, 2.75) is 13.3 Å². The minimum Gasteiger partial charge on any atom is -0.352 e. The molecule has 0 radical (unpaired) electrons. The van der Waals surface area contributed by atoms with Gasteiger partial charge < -0.3 is 9.88 Å². The van der Waals surface area contributed by atoms with Gasteiger partial charge in [0.25, 0.3) is 5.91 Å². The number of amides is 1. The minimum atomic E-state index is -0.0131. The zero-order valence-corrected chi connectivity index (χ0v) is 9.89. The maximum absolute atomic E-state index is 11.8. The summed E-state index contributed by atoms with van der Waals surface area (Å²) in [5.74, 6) is -0.0131. The lowest BCUT2D eigenvalue weighted by Gasteiger charge is -2.07. The predicted octanol–water partition coefficient (Wildman–Crippen LogP) is 2.62. The lowest BCUT2D eigenvalue weighted by molar-refractivity contribution is 0.0953. The maximum Gasteiger partial charge on any atom is 0.251 e. The molecule has 0 bridgehead atoms. The van der Waals surface area contributed by atoms with Gasteiger partial charge in [0.2, 0.25) is 0 Å². The Hall–Kier alpha value is -2.03. The molecule has 0 aliphatic carbocycles. The summed E-state index contributed by atoms with van der Waals surface area (Å²) in [6.07, 6.45) is 4.87. The molecular formula is C14H16N2O. The van der Waals surface area contributed by atoms with Crippen LogP contribution in [-0.2, 0) is 0 Å². The molecule has 0 fully saturated rings. The van der Waals surface area contributed by atoms with Crippen molar-refractivity contribution in [2.75, 3.05) is 6.54 Å². The van der Waals surface area contributed by atoms with E-state index in [-0.39, 0.29) is 5.91 Å². The topological polar surface area (TPSA) is 34.0 Å². The maximum atomic E-state index is 11.8. The van der Waals surface area contributed by atoms with Crippen molar-refractivity contribution in [3.63, 3.8) is 0 Å². The molecule has 1 heterocycles. The van der Waals surface area contributed by atoms with Crippen molar-refractivity contribution in [3.8, 4) is 5.69 Å². The number of rotatable bonds is 4. The predicted molar refractivity (Wildman–Crippen MR) is 68.4 cm³/mol. The molecule has 0 saturated carbocycles. The number of carbonyl (C=O) groups excluding carboxylic acids is 1. The summed E-state index contributed by atoms with van der Waals surface area (Å²) in [6, 6.07) is 11.5. The first-order chi connectivity index (χ1) is 8.31. The molecule has 3 heteroatoms. The van der Waals surface area contributed by atoms with Gasteiger partial charge in [-0.2, -0.15) is 0 Å². The SMILES string of the molecule is CCCNC(=O)c1cccc(-n2cccc2)c1. The van der Waals surface area contributed by atoms with E-state index < -0.39 is 0 Å². The molecule has 1 aromatic heterocycles. The number of hydrogen-bond donors (Lipinski definition) is 1. The fourth-order valence-corrected chi connectivity index (χ4v) is 1.65. The van der Waals surface area contributed by atoms with Gasteiger partial charge in [-0.05, 0) is 36.8 Å². The van der Waals surface area contributed by atoms with Crippen molar-refractivity contribution in [1.82, 2.24) is 9.88 Å². The van der Waals surface area contributed by atoms with Crippen LogP contribution in [0.25, 0.3) is 5.69 Å². The molecule has 0 aliphatic heterocycles. The van der Waals surface area contributed by atoms with Gasteiger partial charge in [-0.15, -0.1) is 0 Å². The van der Waals surface area contributed by atoms with Crippen LogP contribution in [0, 0.1) is 0 Å². The van der Waals surface area contributed by atoms with Gasteiger partial charge >= 0.3 is 0 Å². The average Bonchev–Trinajstić information content (AvgIpc) is 2.90. The third kappa shape index (κ3) is 2.75. The van der Waals surface area contributed by atoms with E-state index in [0.717, 1.165) is 12.1 Å². The molecule has 0 unspecified atom stereocenters. The van der Waals surface area contributed by atoms with Crippen LogP contribution < -0.4 is 5.32 Å². The highest BCUT2D eigenvalue weighted by Crippen LogP contribution is 2.10. The fraction of sp³-hybridized carbons (Fsp3) is 0.214. The molecule has 1 N–H and O–H groups in total. The Labute approximate surface area is 101 Å². The minimum absolute atomic E-state index is 0.0131. The molecule has 17 heavy (non-hydrogen) atoms. The van der Waals surface area contributed by atoms with E-state index in [1.165, 1.54) is 0 Å². The Kier molecular flexibility index (Phi) is 3.60. The van der Waals surface area contributed by atoms with Gasteiger partial charge in [0, 0.05) is 30.2 Å². The Morgan fingerprint density at radius 1 is 1.24 bits per heavy atom. The van der Waals surface area contributed by atoms with E-state index in [9.17, 15) is 4.79 Å². The number of carbonyl (C=O) groups is 1. The van der Waals surface area contributed by atoms with E-state index in [1.54, 1.807) is 0 Å². The third-order valence-electron chi connectivity index (χ3n) is 2.55. The Morgan fingerprint density at radius 3 is 2.71 bits per heavy atom. The lowest BCUT2D eigenvalue weighted by Crippen LogP contribution is -2.23. The van der Waals surface area contributed by atoms with Crippen LogP contribution in [0.2, 0.25) is 0 Å². The summed E-state index contributed by atoms with van der Waals surface area (Å²) in [7, 11) is 0. The first-order valence-corrected chi connectivity index (χ1v) is 5.83. The van der Waals surface area contributed by atoms with Gasteiger partial charge in [-0.25, -0.2) is 0 Å². The smallest absolute Gasteiger partial charge is 0.251 e. The highest BCUT2D eigenvalue weighted by molar-refractivity contribution is 5.94. The standard InChI is InChI=1S/C14H16N2O/c1-2-8-15-14(17)12-6-5-7-13(11-12)16-9-3-4-10-16/h3-7,9-11H,2,8H2,1H3,(H,15,17).